The van der Waals surface area contributed by atoms with Crippen molar-refractivity contribution in [3.63, 3.8) is 0 Å². The average molecular weight is 511 g/mol. The van der Waals surface area contributed by atoms with Gasteiger partial charge >= 0.3 is 5.97 Å². The summed E-state index contributed by atoms with van der Waals surface area (Å²) in [6, 6.07) is 2.33. The molecule has 0 radical (unpaired) electrons. The molecule has 0 spiro atoms. The molecule has 0 unspecified atom stereocenters. The van der Waals surface area contributed by atoms with Gasteiger partial charge in [-0.2, -0.15) is 0 Å². The summed E-state index contributed by atoms with van der Waals surface area (Å²) in [5.74, 6) is -0.229. The summed E-state index contributed by atoms with van der Waals surface area (Å²) in [5, 5.41) is 3.48. The maximum Gasteiger partial charge on any atom is 0.343 e. The first kappa shape index (κ1) is 24.9. The molecule has 2 aromatic rings. The second-order valence-corrected chi connectivity index (χ2v) is 11.6. The first-order valence-corrected chi connectivity index (χ1v) is 14.1. The number of fused-ring (bicyclic) bond motifs is 1. The maximum absolute atomic E-state index is 15.8. The van der Waals surface area contributed by atoms with Gasteiger partial charge in [0.05, 0.1) is 24.0 Å². The van der Waals surface area contributed by atoms with E-state index in [1.54, 1.807) is 13.0 Å². The molecule has 2 saturated heterocycles. The van der Waals surface area contributed by atoms with Gasteiger partial charge in [0, 0.05) is 24.7 Å². The highest BCUT2D eigenvalue weighted by molar-refractivity contribution is 5.90. The normalized spacial score (nSPS) is 23.7. The Morgan fingerprint density at radius 3 is 2.59 bits per heavy atom. The first-order chi connectivity index (χ1) is 17.9. The Labute approximate surface area is 218 Å². The van der Waals surface area contributed by atoms with Crippen molar-refractivity contribution < 1.29 is 13.9 Å². The lowest BCUT2D eigenvalue weighted by Crippen LogP contribution is -2.50. The number of ether oxygens (including phenoxy) is 1. The summed E-state index contributed by atoms with van der Waals surface area (Å²) >= 11 is 0. The van der Waals surface area contributed by atoms with E-state index in [2.05, 4.69) is 22.2 Å². The van der Waals surface area contributed by atoms with Gasteiger partial charge in [-0.05, 0) is 108 Å². The Kier molecular flexibility index (Phi) is 6.30. The highest BCUT2D eigenvalue weighted by Crippen LogP contribution is 2.52. The third-order valence-corrected chi connectivity index (χ3v) is 9.54. The molecular formula is C29H39FN4O3. The number of aromatic nitrogens is 1. The minimum absolute atomic E-state index is 0.00865. The van der Waals surface area contributed by atoms with Crippen LogP contribution in [0.4, 0.5) is 10.1 Å². The summed E-state index contributed by atoms with van der Waals surface area (Å²) in [7, 11) is 2.31. The van der Waals surface area contributed by atoms with E-state index in [-0.39, 0.29) is 17.7 Å². The van der Waals surface area contributed by atoms with Crippen LogP contribution >= 0.6 is 0 Å². The monoisotopic (exact) mass is 510 g/mol. The van der Waals surface area contributed by atoms with Crippen molar-refractivity contribution in [1.82, 2.24) is 14.6 Å². The lowest BCUT2D eigenvalue weighted by atomic mass is 9.91. The third-order valence-electron chi connectivity index (χ3n) is 9.54. The van der Waals surface area contributed by atoms with E-state index >= 15 is 4.39 Å². The molecule has 2 saturated carbocycles. The zero-order valence-electron chi connectivity index (χ0n) is 22.3. The summed E-state index contributed by atoms with van der Waals surface area (Å²) in [5.41, 5.74) is 2.86. The number of aryl methyl sites for hydroxylation is 1. The molecule has 200 valence electrons. The van der Waals surface area contributed by atoms with Gasteiger partial charge in [-0.1, -0.05) is 0 Å². The molecule has 1 atom stereocenters. The molecule has 4 aliphatic rings. The largest absolute Gasteiger partial charge is 0.462 e. The average Bonchev–Trinajstić information content (AvgIpc) is 3.83. The van der Waals surface area contributed by atoms with Gasteiger partial charge in [-0.15, -0.1) is 0 Å². The van der Waals surface area contributed by atoms with Gasteiger partial charge < -0.3 is 15.0 Å². The number of nitrogens with one attached hydrogen (secondary N) is 1. The maximum atomic E-state index is 15.8. The number of hydrogen-bond donors (Lipinski definition) is 1. The number of carbonyl (C=O) groups is 1. The zero-order valence-corrected chi connectivity index (χ0v) is 22.3. The van der Waals surface area contributed by atoms with Crippen molar-refractivity contribution in [3.05, 3.63) is 45.1 Å². The third kappa shape index (κ3) is 4.16. The number of hydrogen-bond acceptors (Lipinski definition) is 6. The molecule has 2 aliphatic heterocycles. The fourth-order valence-electron chi connectivity index (χ4n) is 7.23. The predicted molar refractivity (Wildman–Crippen MR) is 142 cm³/mol. The van der Waals surface area contributed by atoms with E-state index < -0.39 is 17.3 Å². The highest BCUT2D eigenvalue weighted by atomic mass is 19.1. The number of anilines is 1. The minimum Gasteiger partial charge on any atom is -0.462 e. The van der Waals surface area contributed by atoms with Gasteiger partial charge in [-0.25, -0.2) is 9.18 Å². The zero-order chi connectivity index (χ0) is 25.9. The molecule has 1 N–H and O–H groups in total. The van der Waals surface area contributed by atoms with Crippen LogP contribution in [0, 0.1) is 18.7 Å². The van der Waals surface area contributed by atoms with E-state index in [1.165, 1.54) is 36.3 Å². The Bertz CT molecular complexity index is 1280. The van der Waals surface area contributed by atoms with Crippen molar-refractivity contribution >= 4 is 17.2 Å². The van der Waals surface area contributed by atoms with Crippen LogP contribution in [0.25, 0.3) is 5.52 Å². The Balaban J connectivity index is 1.34. The second-order valence-electron chi connectivity index (χ2n) is 11.6. The van der Waals surface area contributed by atoms with Crippen LogP contribution in [0.2, 0.25) is 0 Å². The molecule has 0 aromatic carbocycles. The second kappa shape index (κ2) is 9.38. The Hall–Kier alpha value is -2.45. The van der Waals surface area contributed by atoms with E-state index in [0.717, 1.165) is 62.1 Å². The fraction of sp³-hybridized carbons (Fsp3) is 0.655. The molecule has 7 nitrogen and oxygen atoms in total. The van der Waals surface area contributed by atoms with Crippen LogP contribution in [-0.4, -0.2) is 66.7 Å². The lowest BCUT2D eigenvalue weighted by molar-refractivity contribution is 0.0524. The predicted octanol–water partition coefficient (Wildman–Crippen LogP) is 3.84. The molecule has 0 bridgehead atoms. The Morgan fingerprint density at radius 2 is 1.95 bits per heavy atom. The van der Waals surface area contributed by atoms with Crippen molar-refractivity contribution in [2.24, 2.45) is 5.92 Å². The van der Waals surface area contributed by atoms with Crippen LogP contribution in [0.3, 0.4) is 0 Å². The van der Waals surface area contributed by atoms with Gasteiger partial charge in [0.25, 0.3) is 5.56 Å². The first-order valence-electron chi connectivity index (χ1n) is 14.1. The van der Waals surface area contributed by atoms with Crippen LogP contribution < -0.4 is 15.8 Å². The SMILES string of the molecule is CCOC(=O)c1cc(C2CC2)c2c(C)c(N3CC[C@@H](C4(N(C)C5CCNCC5)CC4)C3)c(F)cn2c1=O. The molecule has 4 fully saturated rings. The molecular weight excluding hydrogens is 471 g/mol. The van der Waals surface area contributed by atoms with Gasteiger partial charge in [0.2, 0.25) is 0 Å². The minimum atomic E-state index is -0.638. The van der Waals surface area contributed by atoms with Gasteiger partial charge in [0.1, 0.15) is 5.56 Å². The van der Waals surface area contributed by atoms with Gasteiger partial charge in [-0.3, -0.25) is 14.1 Å². The molecule has 2 aliphatic carbocycles. The van der Waals surface area contributed by atoms with Crippen molar-refractivity contribution in [1.29, 1.82) is 0 Å². The topological polar surface area (TPSA) is 66.3 Å². The fourth-order valence-corrected chi connectivity index (χ4v) is 7.23. The standard InChI is InChI=1S/C29H39FN4O3/c1-4-37-28(36)23-15-22(19-5-6-19)25-18(2)26(24(30)17-34(25)27(23)35)33-14-9-20(16-33)29(10-11-29)32(3)21-7-12-31-13-8-21/h15,17,19-21,31H,4-14,16H2,1-3H3/t20-/m1/s1. The molecule has 37 heavy (non-hydrogen) atoms. The number of nitrogens with zero attached hydrogens (tertiary/aromatic N) is 3. The van der Waals surface area contributed by atoms with Crippen molar-refractivity contribution in [2.75, 3.05) is 44.7 Å². The number of halogens is 1. The van der Waals surface area contributed by atoms with E-state index in [0.29, 0.717) is 23.6 Å². The molecule has 4 heterocycles. The highest BCUT2D eigenvalue weighted by Gasteiger charge is 2.55. The van der Waals surface area contributed by atoms with Crippen LogP contribution in [0.15, 0.2) is 17.1 Å². The number of rotatable bonds is 7. The molecule has 8 heteroatoms. The van der Waals surface area contributed by atoms with E-state index in [1.807, 2.05) is 6.92 Å². The molecule has 0 amide bonds. The quantitative estimate of drug-likeness (QED) is 0.571. The Morgan fingerprint density at radius 1 is 1.22 bits per heavy atom. The van der Waals surface area contributed by atoms with Crippen LogP contribution in [0.5, 0.6) is 0 Å². The molecule has 2 aromatic heterocycles. The van der Waals surface area contributed by atoms with E-state index in [4.69, 9.17) is 4.74 Å². The van der Waals surface area contributed by atoms with Crippen molar-refractivity contribution in [2.45, 2.75) is 76.3 Å². The number of esters is 1. The van der Waals surface area contributed by atoms with Gasteiger partial charge in [0.15, 0.2) is 5.82 Å². The van der Waals surface area contributed by atoms with Crippen LogP contribution in [0.1, 0.15) is 79.3 Å². The summed E-state index contributed by atoms with van der Waals surface area (Å²) in [4.78, 5) is 30.7. The molecule has 6 rings (SSSR count). The van der Waals surface area contributed by atoms with E-state index in [9.17, 15) is 9.59 Å². The number of piperidine rings is 1. The summed E-state index contributed by atoms with van der Waals surface area (Å²) in [6.07, 6.45) is 9.23. The van der Waals surface area contributed by atoms with Crippen LogP contribution in [-0.2, 0) is 4.74 Å². The van der Waals surface area contributed by atoms with Crippen molar-refractivity contribution in [3.8, 4) is 0 Å². The summed E-state index contributed by atoms with van der Waals surface area (Å²) in [6.45, 7) is 7.68. The number of carbonyl (C=O) groups excluding carboxylic acids is 1. The number of pyridine rings is 2. The summed E-state index contributed by atoms with van der Waals surface area (Å²) < 4.78 is 22.3. The smallest absolute Gasteiger partial charge is 0.343 e. The lowest BCUT2D eigenvalue weighted by Gasteiger charge is -2.41.